The Balaban J connectivity index is 2.40. The number of hydrogen-bond donors (Lipinski definition) is 1. The fraction of sp³-hybridized carbons (Fsp3) is 0.357. The van der Waals surface area contributed by atoms with Gasteiger partial charge in [-0.25, -0.2) is 0 Å². The van der Waals surface area contributed by atoms with E-state index in [9.17, 15) is 13.2 Å². The molecule has 1 atom stereocenters. The number of hydrogen-bond acceptors (Lipinski definition) is 2. The predicted octanol–water partition coefficient (Wildman–Crippen LogP) is 3.90. The van der Waals surface area contributed by atoms with Crippen LogP contribution in [0.3, 0.4) is 0 Å². The van der Waals surface area contributed by atoms with Crippen LogP contribution in [0.25, 0.3) is 0 Å². The fourth-order valence-electron chi connectivity index (χ4n) is 2.19. The van der Waals surface area contributed by atoms with Crippen LogP contribution in [0.1, 0.15) is 29.8 Å². The first kappa shape index (κ1) is 16.0. The van der Waals surface area contributed by atoms with Gasteiger partial charge in [-0.1, -0.05) is 19.1 Å². The molecule has 0 aliphatic rings. The smallest absolute Gasteiger partial charge is 0.305 e. The maximum atomic E-state index is 12.6. The van der Waals surface area contributed by atoms with Crippen molar-refractivity contribution in [3.8, 4) is 0 Å². The second-order valence-corrected chi connectivity index (χ2v) is 5.47. The Hall–Kier alpha value is -1.34. The van der Waals surface area contributed by atoms with Gasteiger partial charge < -0.3 is 5.32 Å². The highest BCUT2D eigenvalue weighted by Gasteiger charge is 2.30. The molecule has 0 saturated carbocycles. The molecule has 1 aromatic heterocycles. The van der Waals surface area contributed by atoms with Gasteiger partial charge in [0.25, 0.3) is 0 Å². The van der Waals surface area contributed by atoms with Crippen LogP contribution in [-0.2, 0) is 13.2 Å². The van der Waals surface area contributed by atoms with Gasteiger partial charge in [-0.15, -0.1) is 0 Å². The van der Waals surface area contributed by atoms with E-state index in [0.717, 1.165) is 27.9 Å². The first-order valence-electron chi connectivity index (χ1n) is 6.42. The largest absolute Gasteiger partial charge is 0.416 e. The molecule has 21 heavy (non-hydrogen) atoms. The summed E-state index contributed by atoms with van der Waals surface area (Å²) in [5, 5.41) is 7.42. The number of aryl methyl sites for hydroxylation is 1. The van der Waals surface area contributed by atoms with Crippen LogP contribution in [0.15, 0.2) is 34.9 Å². The van der Waals surface area contributed by atoms with Crippen LogP contribution in [0.4, 0.5) is 13.2 Å². The summed E-state index contributed by atoms with van der Waals surface area (Å²) < 4.78 is 40.4. The lowest BCUT2D eigenvalue weighted by Crippen LogP contribution is -2.24. The van der Waals surface area contributed by atoms with Crippen molar-refractivity contribution in [2.24, 2.45) is 7.05 Å². The molecular weight excluding hydrogens is 347 g/mol. The molecule has 0 aliphatic heterocycles. The Morgan fingerprint density at radius 2 is 1.90 bits per heavy atom. The highest BCUT2D eigenvalue weighted by atomic mass is 79.9. The normalized spacial score (nSPS) is 13.4. The Bertz CT molecular complexity index is 585. The molecule has 2 rings (SSSR count). The topological polar surface area (TPSA) is 29.9 Å². The molecule has 0 bridgehead atoms. The predicted molar refractivity (Wildman–Crippen MR) is 77.9 cm³/mol. The zero-order valence-corrected chi connectivity index (χ0v) is 13.2. The monoisotopic (exact) mass is 361 g/mol. The maximum Gasteiger partial charge on any atom is 0.416 e. The SMILES string of the molecule is CCNC(c1ccc(C(F)(F)F)cc1)c1c(Br)cnn1C. The van der Waals surface area contributed by atoms with Crippen molar-refractivity contribution in [1.82, 2.24) is 15.1 Å². The summed E-state index contributed by atoms with van der Waals surface area (Å²) in [5.41, 5.74) is 0.983. The summed E-state index contributed by atoms with van der Waals surface area (Å²) in [6, 6.07) is 4.97. The van der Waals surface area contributed by atoms with E-state index in [4.69, 9.17) is 0 Å². The number of nitrogens with one attached hydrogen (secondary N) is 1. The van der Waals surface area contributed by atoms with E-state index in [1.807, 2.05) is 6.92 Å². The zero-order chi connectivity index (χ0) is 15.6. The molecule has 1 N–H and O–H groups in total. The summed E-state index contributed by atoms with van der Waals surface area (Å²) in [6.45, 7) is 2.63. The Kier molecular flexibility index (Phi) is 4.73. The minimum absolute atomic E-state index is 0.223. The van der Waals surface area contributed by atoms with Crippen molar-refractivity contribution in [2.45, 2.75) is 19.1 Å². The number of alkyl halides is 3. The molecule has 2 aromatic rings. The van der Waals surface area contributed by atoms with Gasteiger partial charge in [0.1, 0.15) is 0 Å². The third-order valence-electron chi connectivity index (χ3n) is 3.19. The molecule has 0 amide bonds. The van der Waals surface area contributed by atoms with Gasteiger partial charge in [0.15, 0.2) is 0 Å². The Morgan fingerprint density at radius 3 is 2.33 bits per heavy atom. The van der Waals surface area contributed by atoms with Gasteiger partial charge in [0, 0.05) is 7.05 Å². The van der Waals surface area contributed by atoms with Crippen molar-refractivity contribution in [3.05, 3.63) is 51.8 Å². The summed E-state index contributed by atoms with van der Waals surface area (Å²) in [4.78, 5) is 0. The van der Waals surface area contributed by atoms with Crippen LogP contribution in [0.2, 0.25) is 0 Å². The molecule has 1 heterocycles. The molecule has 114 valence electrons. The van der Waals surface area contributed by atoms with Crippen molar-refractivity contribution < 1.29 is 13.2 Å². The zero-order valence-electron chi connectivity index (χ0n) is 11.6. The first-order valence-corrected chi connectivity index (χ1v) is 7.21. The van der Waals surface area contributed by atoms with Crippen LogP contribution in [-0.4, -0.2) is 16.3 Å². The lowest BCUT2D eigenvalue weighted by Gasteiger charge is -2.20. The molecule has 0 aliphatic carbocycles. The fourth-order valence-corrected chi connectivity index (χ4v) is 2.76. The van der Waals surface area contributed by atoms with E-state index in [-0.39, 0.29) is 6.04 Å². The minimum atomic E-state index is -4.32. The number of halogens is 4. The van der Waals surface area contributed by atoms with Crippen LogP contribution in [0.5, 0.6) is 0 Å². The van der Waals surface area contributed by atoms with E-state index >= 15 is 0 Å². The molecule has 0 spiro atoms. The van der Waals surface area contributed by atoms with Gasteiger partial charge in [0.2, 0.25) is 0 Å². The lowest BCUT2D eigenvalue weighted by molar-refractivity contribution is -0.137. The number of rotatable bonds is 4. The highest BCUT2D eigenvalue weighted by molar-refractivity contribution is 9.10. The van der Waals surface area contributed by atoms with Gasteiger partial charge in [-0.3, -0.25) is 4.68 Å². The van der Waals surface area contributed by atoms with Gasteiger partial charge in [0.05, 0.1) is 28.0 Å². The van der Waals surface area contributed by atoms with Gasteiger partial charge in [-0.2, -0.15) is 18.3 Å². The summed E-state index contributed by atoms with van der Waals surface area (Å²) in [6.07, 6.45) is -2.65. The average molecular weight is 362 g/mol. The number of benzene rings is 1. The number of nitrogens with zero attached hydrogens (tertiary/aromatic N) is 2. The first-order chi connectivity index (χ1) is 9.84. The van der Waals surface area contributed by atoms with Crippen molar-refractivity contribution in [1.29, 1.82) is 0 Å². The van der Waals surface area contributed by atoms with Crippen LogP contribution >= 0.6 is 15.9 Å². The molecule has 0 radical (unpaired) electrons. The summed E-state index contributed by atoms with van der Waals surface area (Å²) >= 11 is 3.43. The summed E-state index contributed by atoms with van der Waals surface area (Å²) in [7, 11) is 1.80. The average Bonchev–Trinajstić information content (AvgIpc) is 2.75. The standard InChI is InChI=1S/C14H15BrF3N3/c1-3-19-12(13-11(15)8-20-21(13)2)9-4-6-10(7-5-9)14(16,17)18/h4-8,12,19H,3H2,1-2H3. The molecule has 3 nitrogen and oxygen atoms in total. The van der Waals surface area contributed by atoms with E-state index < -0.39 is 11.7 Å². The summed E-state index contributed by atoms with van der Waals surface area (Å²) in [5.74, 6) is 0. The van der Waals surface area contributed by atoms with Crippen molar-refractivity contribution in [3.63, 3.8) is 0 Å². The quantitative estimate of drug-likeness (QED) is 0.894. The van der Waals surface area contributed by atoms with Gasteiger partial charge in [-0.05, 0) is 40.2 Å². The number of aromatic nitrogens is 2. The molecule has 7 heteroatoms. The Morgan fingerprint density at radius 1 is 1.29 bits per heavy atom. The highest BCUT2D eigenvalue weighted by Crippen LogP contribution is 2.32. The lowest BCUT2D eigenvalue weighted by atomic mass is 10.0. The molecule has 1 unspecified atom stereocenters. The van der Waals surface area contributed by atoms with E-state index in [1.54, 1.807) is 17.9 Å². The van der Waals surface area contributed by atoms with Crippen LogP contribution < -0.4 is 5.32 Å². The second-order valence-electron chi connectivity index (χ2n) is 4.61. The van der Waals surface area contributed by atoms with Crippen molar-refractivity contribution in [2.75, 3.05) is 6.54 Å². The third-order valence-corrected chi connectivity index (χ3v) is 3.80. The molecular formula is C14H15BrF3N3. The van der Waals surface area contributed by atoms with E-state index in [1.165, 1.54) is 12.1 Å². The van der Waals surface area contributed by atoms with Gasteiger partial charge >= 0.3 is 6.18 Å². The molecule has 0 fully saturated rings. The van der Waals surface area contributed by atoms with E-state index in [2.05, 4.69) is 26.3 Å². The molecule has 0 saturated heterocycles. The minimum Gasteiger partial charge on any atom is -0.305 e. The third kappa shape index (κ3) is 3.47. The maximum absolute atomic E-state index is 12.6. The van der Waals surface area contributed by atoms with Crippen LogP contribution in [0, 0.1) is 0 Å². The second kappa shape index (κ2) is 6.19. The molecule has 1 aromatic carbocycles. The van der Waals surface area contributed by atoms with Crippen molar-refractivity contribution >= 4 is 15.9 Å². The van der Waals surface area contributed by atoms with E-state index in [0.29, 0.717) is 6.54 Å². The Labute approximate surface area is 129 Å².